The molecular formula is C24H35N3O2. The van der Waals surface area contributed by atoms with Gasteiger partial charge >= 0.3 is 0 Å². The van der Waals surface area contributed by atoms with Crippen LogP contribution in [0.15, 0.2) is 34.9 Å². The highest BCUT2D eigenvalue weighted by Gasteiger charge is 2.21. The number of oxazole rings is 1. The van der Waals surface area contributed by atoms with E-state index in [1.54, 1.807) is 0 Å². The molecule has 0 bridgehead atoms. The summed E-state index contributed by atoms with van der Waals surface area (Å²) in [4.78, 5) is 7.32. The van der Waals surface area contributed by atoms with Gasteiger partial charge in [0.1, 0.15) is 12.0 Å². The second kappa shape index (κ2) is 10.3. The van der Waals surface area contributed by atoms with Gasteiger partial charge in [-0.1, -0.05) is 6.92 Å². The number of hydrogen-bond donors (Lipinski definition) is 1. The van der Waals surface area contributed by atoms with Gasteiger partial charge in [0, 0.05) is 18.2 Å². The van der Waals surface area contributed by atoms with E-state index in [0.29, 0.717) is 11.8 Å². The molecule has 158 valence electrons. The Bertz CT molecular complexity index is 737. The zero-order valence-corrected chi connectivity index (χ0v) is 17.7. The van der Waals surface area contributed by atoms with Crippen molar-refractivity contribution in [3.8, 4) is 17.2 Å². The van der Waals surface area contributed by atoms with Crippen molar-refractivity contribution < 1.29 is 9.15 Å². The van der Waals surface area contributed by atoms with Gasteiger partial charge in [0.05, 0.1) is 12.3 Å². The average Bonchev–Trinajstić information content (AvgIpc) is 3.42. The monoisotopic (exact) mass is 397 g/mol. The lowest BCUT2D eigenvalue weighted by atomic mass is 9.95. The maximum Gasteiger partial charge on any atom is 0.226 e. The minimum atomic E-state index is 0.672. The van der Waals surface area contributed by atoms with E-state index in [0.717, 1.165) is 62.1 Å². The predicted molar refractivity (Wildman–Crippen MR) is 116 cm³/mol. The van der Waals surface area contributed by atoms with Gasteiger partial charge in [0.2, 0.25) is 5.89 Å². The summed E-state index contributed by atoms with van der Waals surface area (Å²) in [6.45, 7) is 7.70. The van der Waals surface area contributed by atoms with Crippen molar-refractivity contribution in [3.63, 3.8) is 0 Å². The fourth-order valence-electron chi connectivity index (χ4n) is 4.73. The normalized spacial score (nSPS) is 22.8. The van der Waals surface area contributed by atoms with E-state index >= 15 is 0 Å². The lowest BCUT2D eigenvalue weighted by Gasteiger charge is -2.23. The van der Waals surface area contributed by atoms with Crippen molar-refractivity contribution in [1.29, 1.82) is 0 Å². The number of rotatable bonds is 9. The Hall–Kier alpha value is -1.85. The van der Waals surface area contributed by atoms with Gasteiger partial charge in [-0.25, -0.2) is 4.98 Å². The molecule has 2 unspecified atom stereocenters. The van der Waals surface area contributed by atoms with Crippen LogP contribution < -0.4 is 10.1 Å². The molecule has 0 amide bonds. The maximum absolute atomic E-state index is 5.95. The Morgan fingerprint density at radius 3 is 2.90 bits per heavy atom. The molecule has 0 radical (unpaired) electrons. The SMILES string of the molecule is CCC1CCCN1CCCOc1ccc(-c2nc(CC3CCCNC3)co2)cc1. The van der Waals surface area contributed by atoms with Crippen LogP contribution >= 0.6 is 0 Å². The van der Waals surface area contributed by atoms with Crippen molar-refractivity contribution in [1.82, 2.24) is 15.2 Å². The quantitative estimate of drug-likeness (QED) is 0.630. The summed E-state index contributed by atoms with van der Waals surface area (Å²) in [5, 5.41) is 3.47. The largest absolute Gasteiger partial charge is 0.494 e. The van der Waals surface area contributed by atoms with Gasteiger partial charge in [-0.2, -0.15) is 0 Å². The molecule has 2 aliphatic heterocycles. The Morgan fingerprint density at radius 1 is 1.21 bits per heavy atom. The molecule has 2 fully saturated rings. The van der Waals surface area contributed by atoms with E-state index in [9.17, 15) is 0 Å². The first-order chi connectivity index (χ1) is 14.3. The van der Waals surface area contributed by atoms with Gasteiger partial charge in [0.15, 0.2) is 0 Å². The number of likely N-dealkylation sites (tertiary alicyclic amines) is 1. The summed E-state index contributed by atoms with van der Waals surface area (Å²) in [6, 6.07) is 8.92. The second-order valence-electron chi connectivity index (χ2n) is 8.53. The summed E-state index contributed by atoms with van der Waals surface area (Å²) in [7, 11) is 0. The zero-order chi connectivity index (χ0) is 19.9. The predicted octanol–water partition coefficient (Wildman–Crippen LogP) is 4.53. The molecule has 0 spiro atoms. The van der Waals surface area contributed by atoms with Crippen LogP contribution in [0.4, 0.5) is 0 Å². The number of benzene rings is 1. The fraction of sp³-hybridized carbons (Fsp3) is 0.625. The number of ether oxygens (including phenoxy) is 1. The molecule has 5 nitrogen and oxygen atoms in total. The van der Waals surface area contributed by atoms with E-state index in [1.165, 1.54) is 38.6 Å². The van der Waals surface area contributed by atoms with E-state index in [-0.39, 0.29) is 0 Å². The van der Waals surface area contributed by atoms with Crippen molar-refractivity contribution in [2.75, 3.05) is 32.8 Å². The van der Waals surface area contributed by atoms with Gasteiger partial charge in [-0.15, -0.1) is 0 Å². The molecule has 1 N–H and O–H groups in total. The molecular weight excluding hydrogens is 362 g/mol. The van der Waals surface area contributed by atoms with Crippen LogP contribution in [-0.4, -0.2) is 48.7 Å². The lowest BCUT2D eigenvalue weighted by molar-refractivity contribution is 0.217. The molecule has 2 atom stereocenters. The molecule has 1 aromatic carbocycles. The smallest absolute Gasteiger partial charge is 0.226 e. The molecule has 5 heteroatoms. The van der Waals surface area contributed by atoms with E-state index in [2.05, 4.69) is 17.1 Å². The first kappa shape index (κ1) is 20.4. The molecule has 0 saturated carbocycles. The van der Waals surface area contributed by atoms with Crippen molar-refractivity contribution in [2.45, 2.75) is 57.9 Å². The number of hydrogen-bond acceptors (Lipinski definition) is 5. The standard InChI is InChI=1S/C24H35N3O2/c1-2-22-7-4-13-27(22)14-5-15-28-23-10-8-20(9-11-23)24-26-21(18-29-24)16-19-6-3-12-25-17-19/h8-11,18-19,22,25H,2-7,12-17H2,1H3. The van der Waals surface area contributed by atoms with Gasteiger partial charge in [-0.3, -0.25) is 0 Å². The third-order valence-corrected chi connectivity index (χ3v) is 6.38. The van der Waals surface area contributed by atoms with Crippen molar-refractivity contribution in [3.05, 3.63) is 36.2 Å². The molecule has 0 aliphatic carbocycles. The average molecular weight is 398 g/mol. The van der Waals surface area contributed by atoms with Crippen LogP contribution in [0.3, 0.4) is 0 Å². The highest BCUT2D eigenvalue weighted by Crippen LogP contribution is 2.24. The summed E-state index contributed by atoms with van der Waals surface area (Å²) in [5.41, 5.74) is 2.06. The molecule has 2 aromatic rings. The number of piperidine rings is 1. The summed E-state index contributed by atoms with van der Waals surface area (Å²) in [5.74, 6) is 2.29. The third-order valence-electron chi connectivity index (χ3n) is 6.38. The summed E-state index contributed by atoms with van der Waals surface area (Å²) >= 11 is 0. The van der Waals surface area contributed by atoms with Crippen LogP contribution in [0, 0.1) is 5.92 Å². The summed E-state index contributed by atoms with van der Waals surface area (Å²) in [6.07, 6.45) is 10.4. The third kappa shape index (κ3) is 5.61. The number of nitrogens with zero attached hydrogens (tertiary/aromatic N) is 2. The molecule has 2 saturated heterocycles. The van der Waals surface area contributed by atoms with Crippen LogP contribution in [0.5, 0.6) is 5.75 Å². The highest BCUT2D eigenvalue weighted by atomic mass is 16.5. The fourth-order valence-corrected chi connectivity index (χ4v) is 4.73. The van der Waals surface area contributed by atoms with Crippen molar-refractivity contribution >= 4 is 0 Å². The zero-order valence-electron chi connectivity index (χ0n) is 17.7. The van der Waals surface area contributed by atoms with E-state index in [4.69, 9.17) is 14.1 Å². The Kier molecular flexibility index (Phi) is 7.23. The van der Waals surface area contributed by atoms with Crippen LogP contribution in [0.2, 0.25) is 0 Å². The van der Waals surface area contributed by atoms with Crippen molar-refractivity contribution in [2.24, 2.45) is 5.92 Å². The Balaban J connectivity index is 1.22. The number of nitrogens with one attached hydrogen (secondary N) is 1. The van der Waals surface area contributed by atoms with Crippen LogP contribution in [0.1, 0.15) is 51.1 Å². The molecule has 3 heterocycles. The molecule has 4 rings (SSSR count). The minimum Gasteiger partial charge on any atom is -0.494 e. The van der Waals surface area contributed by atoms with Crippen LogP contribution in [0.25, 0.3) is 11.5 Å². The van der Waals surface area contributed by atoms with Gasteiger partial charge in [0.25, 0.3) is 0 Å². The maximum atomic E-state index is 5.95. The van der Waals surface area contributed by atoms with Crippen LogP contribution in [-0.2, 0) is 6.42 Å². The summed E-state index contributed by atoms with van der Waals surface area (Å²) < 4.78 is 11.7. The topological polar surface area (TPSA) is 50.5 Å². The first-order valence-corrected chi connectivity index (χ1v) is 11.4. The first-order valence-electron chi connectivity index (χ1n) is 11.4. The Morgan fingerprint density at radius 2 is 2.10 bits per heavy atom. The molecule has 2 aliphatic rings. The highest BCUT2D eigenvalue weighted by molar-refractivity contribution is 5.54. The molecule has 29 heavy (non-hydrogen) atoms. The lowest BCUT2D eigenvalue weighted by Crippen LogP contribution is -2.30. The van der Waals surface area contributed by atoms with E-state index < -0.39 is 0 Å². The van der Waals surface area contributed by atoms with E-state index in [1.807, 2.05) is 30.5 Å². The van der Waals surface area contributed by atoms with Gasteiger partial charge in [-0.05, 0) is 94.8 Å². The van der Waals surface area contributed by atoms with Gasteiger partial charge < -0.3 is 19.4 Å². The number of aromatic nitrogens is 1. The Labute approximate surface area is 174 Å². The minimum absolute atomic E-state index is 0.672. The second-order valence-corrected chi connectivity index (χ2v) is 8.53. The molecule has 1 aromatic heterocycles.